The Bertz CT molecular complexity index is 855. The third-order valence-electron chi connectivity index (χ3n) is 4.61. The highest BCUT2D eigenvalue weighted by Gasteiger charge is 2.28. The number of aliphatic hydroxyl groups excluding tert-OH is 1. The summed E-state index contributed by atoms with van der Waals surface area (Å²) in [7, 11) is 0. The Labute approximate surface area is 195 Å². The Morgan fingerprint density at radius 2 is 1.50 bits per heavy atom. The van der Waals surface area contributed by atoms with Crippen LogP contribution in [0.4, 0.5) is 0 Å². The molecule has 0 saturated heterocycles. The smallest absolute Gasteiger partial charge is 0.356 e. The van der Waals surface area contributed by atoms with E-state index in [4.69, 9.17) is 20.1 Å². The molecule has 0 aliphatic carbocycles. The standard InChI is InChI=1S/C22H30N2O10/c1-12(2)9-14(11-25)23-20(29)16(24-17(26)7-8-18(27)28)10-13-3-5-15(6-4-13)34-19(21(30)31)22(32)33/h3-6,12,14,16,19,25H,7-11H2,1-2H3,(H,23,29)(H,24,26)(H,27,28)(H,30,31)(H,32,33)/t14-,16-/m0/s1. The van der Waals surface area contributed by atoms with Crippen LogP contribution in [0.25, 0.3) is 0 Å². The highest BCUT2D eigenvalue weighted by Crippen LogP contribution is 2.16. The molecule has 0 radical (unpaired) electrons. The molecule has 0 bridgehead atoms. The lowest BCUT2D eigenvalue weighted by Gasteiger charge is -2.23. The number of carboxylic acid groups (broad SMARTS) is 3. The first-order chi connectivity index (χ1) is 15.9. The topological polar surface area (TPSA) is 200 Å². The van der Waals surface area contributed by atoms with Crippen molar-refractivity contribution in [1.29, 1.82) is 0 Å². The Morgan fingerprint density at radius 3 is 1.97 bits per heavy atom. The maximum Gasteiger partial charge on any atom is 0.356 e. The molecule has 1 aromatic rings. The number of aliphatic hydroxyl groups is 1. The molecule has 0 aliphatic rings. The first-order valence-electron chi connectivity index (χ1n) is 10.6. The summed E-state index contributed by atoms with van der Waals surface area (Å²) in [6, 6.07) is 3.97. The summed E-state index contributed by atoms with van der Waals surface area (Å²) < 4.78 is 4.94. The van der Waals surface area contributed by atoms with Gasteiger partial charge in [-0.1, -0.05) is 26.0 Å². The van der Waals surface area contributed by atoms with Gasteiger partial charge in [0.05, 0.1) is 19.1 Å². The second kappa shape index (κ2) is 13.8. The summed E-state index contributed by atoms with van der Waals surface area (Å²) in [5.74, 6) is -5.55. The maximum atomic E-state index is 12.8. The molecule has 0 saturated carbocycles. The Morgan fingerprint density at radius 1 is 0.912 bits per heavy atom. The number of ether oxygens (including phenoxy) is 1. The van der Waals surface area contributed by atoms with E-state index in [0.717, 1.165) is 0 Å². The maximum absolute atomic E-state index is 12.8. The van der Waals surface area contributed by atoms with Crippen molar-refractivity contribution < 1.29 is 49.1 Å². The molecule has 12 heteroatoms. The normalized spacial score (nSPS) is 12.6. The number of carbonyl (C=O) groups excluding carboxylic acids is 2. The van der Waals surface area contributed by atoms with E-state index in [1.165, 1.54) is 24.3 Å². The molecule has 34 heavy (non-hydrogen) atoms. The fourth-order valence-electron chi connectivity index (χ4n) is 3.03. The molecule has 6 N–H and O–H groups in total. The number of carbonyl (C=O) groups is 5. The van der Waals surface area contributed by atoms with Gasteiger partial charge in [-0.05, 0) is 30.0 Å². The Hall–Kier alpha value is -3.67. The highest BCUT2D eigenvalue weighted by molar-refractivity contribution is 5.96. The van der Waals surface area contributed by atoms with E-state index in [0.29, 0.717) is 12.0 Å². The minimum Gasteiger partial charge on any atom is -0.481 e. The summed E-state index contributed by atoms with van der Waals surface area (Å²) >= 11 is 0. The third-order valence-corrected chi connectivity index (χ3v) is 4.61. The van der Waals surface area contributed by atoms with Crippen molar-refractivity contribution in [3.05, 3.63) is 29.8 Å². The summed E-state index contributed by atoms with van der Waals surface area (Å²) in [4.78, 5) is 57.6. The van der Waals surface area contributed by atoms with Crippen LogP contribution < -0.4 is 15.4 Å². The van der Waals surface area contributed by atoms with E-state index in [1.807, 2.05) is 13.8 Å². The second-order valence-corrected chi connectivity index (χ2v) is 8.05. The van der Waals surface area contributed by atoms with Crippen molar-refractivity contribution in [2.24, 2.45) is 5.92 Å². The van der Waals surface area contributed by atoms with Gasteiger partial charge in [0.1, 0.15) is 11.8 Å². The van der Waals surface area contributed by atoms with Gasteiger partial charge >= 0.3 is 17.9 Å². The van der Waals surface area contributed by atoms with Gasteiger partial charge in [0.2, 0.25) is 11.8 Å². The molecule has 1 rings (SSSR count). The number of hydrogen-bond acceptors (Lipinski definition) is 7. The van der Waals surface area contributed by atoms with E-state index in [9.17, 15) is 29.1 Å². The van der Waals surface area contributed by atoms with Gasteiger partial charge < -0.3 is 35.8 Å². The van der Waals surface area contributed by atoms with Crippen LogP contribution in [0.15, 0.2) is 24.3 Å². The molecule has 1 aromatic carbocycles. The van der Waals surface area contributed by atoms with Crippen LogP contribution in [0.1, 0.15) is 38.7 Å². The van der Waals surface area contributed by atoms with Crippen LogP contribution in [0.2, 0.25) is 0 Å². The predicted octanol–water partition coefficient (Wildman–Crippen LogP) is 0.0185. The van der Waals surface area contributed by atoms with Crippen LogP contribution in [0, 0.1) is 5.92 Å². The molecule has 0 heterocycles. The molecule has 188 valence electrons. The lowest BCUT2D eigenvalue weighted by Crippen LogP contribution is -2.51. The largest absolute Gasteiger partial charge is 0.481 e. The molecular formula is C22H30N2O10. The fourth-order valence-corrected chi connectivity index (χ4v) is 3.03. The number of nitrogens with one attached hydrogen (secondary N) is 2. The molecule has 2 atom stereocenters. The number of amides is 2. The first-order valence-corrected chi connectivity index (χ1v) is 10.6. The second-order valence-electron chi connectivity index (χ2n) is 8.05. The number of aliphatic carboxylic acids is 3. The van der Waals surface area contributed by atoms with Crippen LogP contribution in [-0.4, -0.2) is 74.9 Å². The molecule has 0 spiro atoms. The van der Waals surface area contributed by atoms with E-state index < -0.39 is 54.3 Å². The van der Waals surface area contributed by atoms with Gasteiger partial charge in [-0.3, -0.25) is 14.4 Å². The van der Waals surface area contributed by atoms with Gasteiger partial charge in [-0.25, -0.2) is 9.59 Å². The Balaban J connectivity index is 2.97. The average Bonchev–Trinajstić information content (AvgIpc) is 2.75. The molecule has 0 unspecified atom stereocenters. The quantitative estimate of drug-likeness (QED) is 0.185. The fraction of sp³-hybridized carbons (Fsp3) is 0.500. The summed E-state index contributed by atoms with van der Waals surface area (Å²) in [6.07, 6.45) is -2.33. The average molecular weight is 482 g/mol. The van der Waals surface area contributed by atoms with Crippen LogP contribution in [0.3, 0.4) is 0 Å². The van der Waals surface area contributed by atoms with Crippen molar-refractivity contribution in [2.45, 2.75) is 57.7 Å². The zero-order chi connectivity index (χ0) is 25.8. The van der Waals surface area contributed by atoms with Crippen LogP contribution in [-0.2, 0) is 30.4 Å². The minimum absolute atomic E-state index is 0.00790. The summed E-state index contributed by atoms with van der Waals surface area (Å²) in [6.45, 7) is 3.54. The summed E-state index contributed by atoms with van der Waals surface area (Å²) in [5, 5.41) is 41.3. The predicted molar refractivity (Wildman–Crippen MR) is 117 cm³/mol. The molecule has 0 fully saturated rings. The summed E-state index contributed by atoms with van der Waals surface area (Å²) in [5.41, 5.74) is 0.526. The van der Waals surface area contributed by atoms with E-state index >= 15 is 0 Å². The van der Waals surface area contributed by atoms with Gasteiger partial charge in [-0.15, -0.1) is 0 Å². The van der Waals surface area contributed by atoms with Crippen molar-refractivity contribution in [2.75, 3.05) is 6.61 Å². The van der Waals surface area contributed by atoms with Gasteiger partial charge in [0.15, 0.2) is 0 Å². The molecule has 2 amide bonds. The number of hydrogen-bond donors (Lipinski definition) is 6. The van der Waals surface area contributed by atoms with Gasteiger partial charge in [0, 0.05) is 12.8 Å². The number of carboxylic acids is 3. The molecular weight excluding hydrogens is 452 g/mol. The first kappa shape index (κ1) is 28.4. The zero-order valence-corrected chi connectivity index (χ0v) is 18.9. The minimum atomic E-state index is -2.09. The van der Waals surface area contributed by atoms with E-state index in [2.05, 4.69) is 10.6 Å². The lowest BCUT2D eigenvalue weighted by atomic mass is 10.0. The molecule has 12 nitrogen and oxygen atoms in total. The van der Waals surface area contributed by atoms with Crippen LogP contribution >= 0.6 is 0 Å². The monoisotopic (exact) mass is 482 g/mol. The van der Waals surface area contributed by atoms with Crippen molar-refractivity contribution in [3.8, 4) is 5.75 Å². The SMILES string of the molecule is CC(C)C[C@@H](CO)NC(=O)[C@H](Cc1ccc(OC(C(=O)O)C(=O)O)cc1)NC(=O)CCC(=O)O. The van der Waals surface area contributed by atoms with Gasteiger partial charge in [0.25, 0.3) is 6.10 Å². The molecule has 0 aromatic heterocycles. The zero-order valence-electron chi connectivity index (χ0n) is 18.9. The van der Waals surface area contributed by atoms with Crippen LogP contribution in [0.5, 0.6) is 5.75 Å². The van der Waals surface area contributed by atoms with Crippen molar-refractivity contribution >= 4 is 29.7 Å². The van der Waals surface area contributed by atoms with E-state index in [-0.39, 0.29) is 31.1 Å². The third kappa shape index (κ3) is 10.3. The number of rotatable bonds is 15. The Kier molecular flexibility index (Phi) is 11.5. The molecule has 0 aliphatic heterocycles. The van der Waals surface area contributed by atoms with E-state index in [1.54, 1.807) is 0 Å². The highest BCUT2D eigenvalue weighted by atomic mass is 16.5. The lowest BCUT2D eigenvalue weighted by molar-refractivity contribution is -0.159. The van der Waals surface area contributed by atoms with Crippen molar-refractivity contribution in [3.63, 3.8) is 0 Å². The van der Waals surface area contributed by atoms with Gasteiger partial charge in [-0.2, -0.15) is 0 Å². The number of benzene rings is 1. The van der Waals surface area contributed by atoms with Crippen molar-refractivity contribution in [1.82, 2.24) is 10.6 Å².